The van der Waals surface area contributed by atoms with Crippen molar-refractivity contribution < 1.29 is 0 Å². The molecule has 0 aromatic rings. The van der Waals surface area contributed by atoms with Crippen molar-refractivity contribution in [1.82, 2.24) is 10.2 Å². The molecule has 1 rings (SSSR count). The molecule has 0 amide bonds. The normalized spacial score (nSPS) is 23.2. The van der Waals surface area contributed by atoms with Gasteiger partial charge in [-0.25, -0.2) is 0 Å². The molecule has 1 aliphatic rings. The maximum Gasteiger partial charge on any atom is 0.0192 e. The van der Waals surface area contributed by atoms with Gasteiger partial charge >= 0.3 is 0 Å². The second kappa shape index (κ2) is 9.32. The van der Waals surface area contributed by atoms with Crippen LogP contribution in [0.4, 0.5) is 0 Å². The Morgan fingerprint density at radius 1 is 1.31 bits per heavy atom. The van der Waals surface area contributed by atoms with E-state index in [2.05, 4.69) is 23.4 Å². The molecule has 3 heteroatoms. The molecule has 16 heavy (non-hydrogen) atoms. The molecule has 0 bridgehead atoms. The summed E-state index contributed by atoms with van der Waals surface area (Å²) in [6.07, 6.45) is 8.97. The minimum absolute atomic E-state index is 0.730. The van der Waals surface area contributed by atoms with Gasteiger partial charge in [-0.05, 0) is 57.3 Å². The van der Waals surface area contributed by atoms with Crippen LogP contribution < -0.4 is 5.32 Å². The summed E-state index contributed by atoms with van der Waals surface area (Å²) in [5.41, 5.74) is 0. The molecular weight excluding hydrogens is 216 g/mol. The lowest BCUT2D eigenvalue weighted by Gasteiger charge is -2.23. The molecular formula is C13H28N2S. The standard InChI is InChI=1S/C13H28N2S/c1-3-13-12-15(10-7-8-14-13)9-5-4-6-11-16-2/h13-14H,3-12H2,1-2H3. The van der Waals surface area contributed by atoms with E-state index in [1.54, 1.807) is 0 Å². The monoisotopic (exact) mass is 244 g/mol. The van der Waals surface area contributed by atoms with Crippen LogP contribution in [-0.2, 0) is 0 Å². The summed E-state index contributed by atoms with van der Waals surface area (Å²) in [5, 5.41) is 3.63. The second-order valence-corrected chi connectivity index (χ2v) is 5.75. The van der Waals surface area contributed by atoms with Gasteiger partial charge < -0.3 is 10.2 Å². The molecule has 1 N–H and O–H groups in total. The predicted molar refractivity (Wildman–Crippen MR) is 75.4 cm³/mol. The number of hydrogen-bond acceptors (Lipinski definition) is 3. The van der Waals surface area contributed by atoms with E-state index >= 15 is 0 Å². The zero-order valence-corrected chi connectivity index (χ0v) is 11.8. The lowest BCUT2D eigenvalue weighted by molar-refractivity contribution is 0.260. The third kappa shape index (κ3) is 6.12. The van der Waals surface area contributed by atoms with Crippen LogP contribution in [0.3, 0.4) is 0 Å². The summed E-state index contributed by atoms with van der Waals surface area (Å²) in [5.74, 6) is 1.33. The number of nitrogens with one attached hydrogen (secondary N) is 1. The molecule has 0 radical (unpaired) electrons. The summed E-state index contributed by atoms with van der Waals surface area (Å²) in [4.78, 5) is 2.66. The van der Waals surface area contributed by atoms with Gasteiger partial charge in [0.2, 0.25) is 0 Å². The fraction of sp³-hybridized carbons (Fsp3) is 1.00. The van der Waals surface area contributed by atoms with E-state index in [1.165, 1.54) is 64.0 Å². The summed E-state index contributed by atoms with van der Waals surface area (Å²) < 4.78 is 0. The van der Waals surface area contributed by atoms with Crippen LogP contribution in [0.25, 0.3) is 0 Å². The van der Waals surface area contributed by atoms with Gasteiger partial charge in [-0.1, -0.05) is 13.3 Å². The van der Waals surface area contributed by atoms with Crippen molar-refractivity contribution in [2.24, 2.45) is 0 Å². The van der Waals surface area contributed by atoms with E-state index in [1.807, 2.05) is 11.8 Å². The molecule has 1 saturated heterocycles. The van der Waals surface area contributed by atoms with Gasteiger partial charge in [0.25, 0.3) is 0 Å². The van der Waals surface area contributed by atoms with Gasteiger partial charge in [0.15, 0.2) is 0 Å². The molecule has 1 atom stereocenters. The highest BCUT2D eigenvalue weighted by atomic mass is 32.2. The van der Waals surface area contributed by atoms with Crippen molar-refractivity contribution in [1.29, 1.82) is 0 Å². The van der Waals surface area contributed by atoms with E-state index in [-0.39, 0.29) is 0 Å². The Balaban J connectivity index is 2.09. The van der Waals surface area contributed by atoms with Gasteiger partial charge in [-0.3, -0.25) is 0 Å². The second-order valence-electron chi connectivity index (χ2n) is 4.77. The third-order valence-corrected chi connectivity index (χ3v) is 4.08. The van der Waals surface area contributed by atoms with Crippen LogP contribution in [0, 0.1) is 0 Å². The fourth-order valence-corrected chi connectivity index (χ4v) is 2.80. The van der Waals surface area contributed by atoms with Crippen LogP contribution in [0.5, 0.6) is 0 Å². The van der Waals surface area contributed by atoms with Gasteiger partial charge in [0, 0.05) is 12.6 Å². The minimum atomic E-state index is 0.730. The number of thioether (sulfide) groups is 1. The highest BCUT2D eigenvalue weighted by Crippen LogP contribution is 2.07. The largest absolute Gasteiger partial charge is 0.313 e. The molecule has 0 aromatic heterocycles. The first-order valence-electron chi connectivity index (χ1n) is 6.81. The summed E-state index contributed by atoms with van der Waals surface area (Å²) >= 11 is 1.97. The SMILES string of the molecule is CCC1CN(CCCCCSC)CCCN1. The summed E-state index contributed by atoms with van der Waals surface area (Å²) in [7, 11) is 0. The minimum Gasteiger partial charge on any atom is -0.313 e. The van der Waals surface area contributed by atoms with Crippen LogP contribution in [-0.4, -0.2) is 49.1 Å². The average Bonchev–Trinajstić information content (AvgIpc) is 2.54. The van der Waals surface area contributed by atoms with E-state index in [9.17, 15) is 0 Å². The Kier molecular flexibility index (Phi) is 8.34. The van der Waals surface area contributed by atoms with Gasteiger partial charge in [0.1, 0.15) is 0 Å². The topological polar surface area (TPSA) is 15.3 Å². The Morgan fingerprint density at radius 2 is 2.19 bits per heavy atom. The first kappa shape index (κ1) is 14.3. The first-order chi connectivity index (χ1) is 7.86. The zero-order chi connectivity index (χ0) is 11.6. The fourth-order valence-electron chi connectivity index (χ4n) is 2.31. The van der Waals surface area contributed by atoms with Crippen molar-refractivity contribution in [2.75, 3.05) is 38.2 Å². The predicted octanol–water partition coefficient (Wildman–Crippen LogP) is 2.59. The molecule has 0 aliphatic carbocycles. The number of unbranched alkanes of at least 4 members (excludes halogenated alkanes) is 2. The van der Waals surface area contributed by atoms with Crippen molar-refractivity contribution in [3.63, 3.8) is 0 Å². The van der Waals surface area contributed by atoms with Crippen molar-refractivity contribution >= 4 is 11.8 Å². The Morgan fingerprint density at radius 3 is 2.94 bits per heavy atom. The van der Waals surface area contributed by atoms with Gasteiger partial charge in [-0.2, -0.15) is 11.8 Å². The van der Waals surface area contributed by atoms with Crippen LogP contribution in [0.15, 0.2) is 0 Å². The number of nitrogens with zero attached hydrogens (tertiary/aromatic N) is 1. The molecule has 1 aliphatic heterocycles. The zero-order valence-electron chi connectivity index (χ0n) is 11.0. The molecule has 1 heterocycles. The lowest BCUT2D eigenvalue weighted by atomic mass is 10.2. The Labute approximate surface area is 106 Å². The number of hydrogen-bond donors (Lipinski definition) is 1. The van der Waals surface area contributed by atoms with E-state index in [0.29, 0.717) is 0 Å². The van der Waals surface area contributed by atoms with Crippen LogP contribution in [0.1, 0.15) is 39.0 Å². The molecule has 2 nitrogen and oxygen atoms in total. The molecule has 0 saturated carbocycles. The van der Waals surface area contributed by atoms with E-state index in [4.69, 9.17) is 0 Å². The summed E-state index contributed by atoms with van der Waals surface area (Å²) in [6, 6.07) is 0.730. The third-order valence-electron chi connectivity index (χ3n) is 3.38. The van der Waals surface area contributed by atoms with Gasteiger partial charge in [-0.15, -0.1) is 0 Å². The number of rotatable bonds is 7. The first-order valence-corrected chi connectivity index (χ1v) is 8.21. The molecule has 0 aromatic carbocycles. The smallest absolute Gasteiger partial charge is 0.0192 e. The molecule has 1 unspecified atom stereocenters. The Bertz CT molecular complexity index is 164. The lowest BCUT2D eigenvalue weighted by Crippen LogP contribution is -2.37. The maximum absolute atomic E-state index is 3.63. The van der Waals surface area contributed by atoms with Crippen molar-refractivity contribution in [2.45, 2.75) is 45.1 Å². The van der Waals surface area contributed by atoms with Crippen LogP contribution >= 0.6 is 11.8 Å². The van der Waals surface area contributed by atoms with Crippen molar-refractivity contribution in [3.05, 3.63) is 0 Å². The average molecular weight is 244 g/mol. The summed E-state index contributed by atoms with van der Waals surface area (Å²) in [6.45, 7) is 7.37. The highest BCUT2D eigenvalue weighted by molar-refractivity contribution is 7.98. The van der Waals surface area contributed by atoms with Crippen molar-refractivity contribution in [3.8, 4) is 0 Å². The van der Waals surface area contributed by atoms with Crippen LogP contribution in [0.2, 0.25) is 0 Å². The molecule has 0 spiro atoms. The highest BCUT2D eigenvalue weighted by Gasteiger charge is 2.15. The van der Waals surface area contributed by atoms with E-state index in [0.717, 1.165) is 6.04 Å². The quantitative estimate of drug-likeness (QED) is 0.693. The van der Waals surface area contributed by atoms with E-state index < -0.39 is 0 Å². The van der Waals surface area contributed by atoms with Gasteiger partial charge in [0.05, 0.1) is 0 Å². The molecule has 96 valence electrons. The maximum atomic E-state index is 3.63. The molecule has 1 fully saturated rings. The Hall–Kier alpha value is 0.270.